The fourth-order valence-electron chi connectivity index (χ4n) is 0.152. The van der Waals surface area contributed by atoms with Crippen LogP contribution in [0.5, 0.6) is 0 Å². The molecule has 0 fully saturated rings. The SMILES string of the molecule is CCOC(=O)[O][SbH2]. The topological polar surface area (TPSA) is 35.5 Å². The predicted molar refractivity (Wildman–Crippen MR) is 26.7 cm³/mol. The summed E-state index contributed by atoms with van der Waals surface area (Å²) < 4.78 is 8.62. The average Bonchev–Trinajstić information content (AvgIpc) is 1.68. The summed E-state index contributed by atoms with van der Waals surface area (Å²) >= 11 is 0.468. The Labute approximate surface area is 56.0 Å². The molecule has 0 radical (unpaired) electrons. The van der Waals surface area contributed by atoms with Gasteiger partial charge in [-0.25, -0.2) is 0 Å². The first-order valence-corrected chi connectivity index (χ1v) is 3.19. The summed E-state index contributed by atoms with van der Waals surface area (Å²) in [5.41, 5.74) is 0. The molecule has 0 spiro atoms. The van der Waals surface area contributed by atoms with Crippen molar-refractivity contribution in [3.8, 4) is 0 Å². The molecule has 0 aliphatic carbocycles. The van der Waals surface area contributed by atoms with E-state index in [1.54, 1.807) is 6.92 Å². The van der Waals surface area contributed by atoms with Crippen molar-refractivity contribution >= 4 is 29.6 Å². The number of carbonyl (C=O) groups excluding carboxylic acids is 1. The summed E-state index contributed by atoms with van der Waals surface area (Å²) in [6.45, 7) is 2.12. The van der Waals surface area contributed by atoms with Crippen LogP contribution in [0.4, 0.5) is 4.79 Å². The van der Waals surface area contributed by atoms with Crippen molar-refractivity contribution in [2.45, 2.75) is 6.92 Å². The molecule has 0 atom stereocenters. The molecule has 0 heterocycles. The van der Waals surface area contributed by atoms with Crippen LogP contribution < -0.4 is 0 Å². The molecule has 7 heavy (non-hydrogen) atoms. The fraction of sp³-hybridized carbons (Fsp3) is 0.667. The monoisotopic (exact) mass is 212 g/mol. The fourth-order valence-corrected chi connectivity index (χ4v) is 0.346. The number of rotatable bonds is 1. The van der Waals surface area contributed by atoms with E-state index in [0.717, 1.165) is 0 Å². The molecule has 42 valence electrons. The predicted octanol–water partition coefficient (Wildman–Crippen LogP) is -0.292. The first-order chi connectivity index (χ1) is 3.31. The van der Waals surface area contributed by atoms with Crippen LogP contribution in [0, 0.1) is 0 Å². The zero-order valence-corrected chi connectivity index (χ0v) is 7.30. The quantitative estimate of drug-likeness (QED) is 0.443. The summed E-state index contributed by atoms with van der Waals surface area (Å²) in [5, 5.41) is 0. The Morgan fingerprint density at radius 1 is 1.86 bits per heavy atom. The van der Waals surface area contributed by atoms with Gasteiger partial charge < -0.3 is 0 Å². The molecule has 0 aliphatic heterocycles. The van der Waals surface area contributed by atoms with E-state index in [1.165, 1.54) is 0 Å². The van der Waals surface area contributed by atoms with Crippen molar-refractivity contribution in [2.24, 2.45) is 0 Å². The van der Waals surface area contributed by atoms with Gasteiger partial charge in [-0.1, -0.05) is 0 Å². The molecule has 0 unspecified atom stereocenters. The molecule has 0 saturated heterocycles. The number of ether oxygens (including phenoxy) is 1. The van der Waals surface area contributed by atoms with Crippen LogP contribution in [0.2, 0.25) is 0 Å². The van der Waals surface area contributed by atoms with E-state index in [1.807, 2.05) is 0 Å². The normalized spacial score (nSPS) is 7.71. The minimum absolute atomic E-state index is 0.389. The van der Waals surface area contributed by atoms with Crippen LogP contribution in [0.25, 0.3) is 0 Å². The molecule has 0 aromatic carbocycles. The van der Waals surface area contributed by atoms with Gasteiger partial charge in [-0.05, 0) is 0 Å². The van der Waals surface area contributed by atoms with Gasteiger partial charge in [0.2, 0.25) is 0 Å². The molecule has 0 amide bonds. The van der Waals surface area contributed by atoms with E-state index in [9.17, 15) is 4.79 Å². The summed E-state index contributed by atoms with van der Waals surface area (Å²) in [6.07, 6.45) is -0.565. The van der Waals surface area contributed by atoms with Gasteiger partial charge in [0, 0.05) is 0 Å². The van der Waals surface area contributed by atoms with Crippen LogP contribution in [0.15, 0.2) is 0 Å². The molecule has 0 aromatic rings. The third-order valence-corrected chi connectivity index (χ3v) is 0.908. The van der Waals surface area contributed by atoms with Gasteiger partial charge in [0.1, 0.15) is 0 Å². The van der Waals surface area contributed by atoms with Crippen molar-refractivity contribution in [2.75, 3.05) is 6.61 Å². The summed E-state index contributed by atoms with van der Waals surface area (Å²) in [4.78, 5) is 10.00. The van der Waals surface area contributed by atoms with Crippen LogP contribution >= 0.6 is 0 Å². The Bertz CT molecular complexity index is 63.2. The third kappa shape index (κ3) is 3.93. The number of carbonyl (C=O) groups is 1. The molecule has 0 aromatic heterocycles. The average molecular weight is 213 g/mol. The van der Waals surface area contributed by atoms with Crippen molar-refractivity contribution in [3.05, 3.63) is 0 Å². The Morgan fingerprint density at radius 3 is 2.57 bits per heavy atom. The maximum absolute atomic E-state index is 10.00. The molecule has 0 N–H and O–H groups in total. The van der Waals surface area contributed by atoms with Crippen LogP contribution in [0.1, 0.15) is 6.92 Å². The number of hydrogen-bond acceptors (Lipinski definition) is 3. The molecule has 0 saturated carbocycles. The second kappa shape index (κ2) is 4.25. The van der Waals surface area contributed by atoms with E-state index < -0.39 is 6.16 Å². The van der Waals surface area contributed by atoms with E-state index in [4.69, 9.17) is 0 Å². The van der Waals surface area contributed by atoms with Gasteiger partial charge in [0.25, 0.3) is 0 Å². The first kappa shape index (κ1) is 7.09. The van der Waals surface area contributed by atoms with Gasteiger partial charge >= 0.3 is 55.7 Å². The zero-order chi connectivity index (χ0) is 5.70. The standard InChI is InChI=1S/C3H6O3.Sb.2H/c1-2-6-3(4)5;;;/h2H2,1H3,(H,4,5);;;/q;+1;;/p-1. The van der Waals surface area contributed by atoms with Crippen molar-refractivity contribution in [3.63, 3.8) is 0 Å². The first-order valence-electron chi connectivity index (χ1n) is 1.84. The van der Waals surface area contributed by atoms with Crippen LogP contribution in [-0.2, 0) is 7.75 Å². The minimum atomic E-state index is -0.565. The summed E-state index contributed by atoms with van der Waals surface area (Å²) in [7, 11) is 0. The molecule has 0 aliphatic rings. The number of hydrogen-bond donors (Lipinski definition) is 0. The van der Waals surface area contributed by atoms with E-state index in [2.05, 4.69) is 7.75 Å². The maximum atomic E-state index is 10.00. The van der Waals surface area contributed by atoms with Gasteiger partial charge in [-0.2, -0.15) is 0 Å². The van der Waals surface area contributed by atoms with Crippen LogP contribution in [0.3, 0.4) is 0 Å². The van der Waals surface area contributed by atoms with E-state index in [0.29, 0.717) is 30.0 Å². The Kier molecular flexibility index (Phi) is 4.31. The molecule has 0 rings (SSSR count). The van der Waals surface area contributed by atoms with Crippen LogP contribution in [-0.4, -0.2) is 36.2 Å². The molecule has 0 bridgehead atoms. The van der Waals surface area contributed by atoms with Gasteiger partial charge in [-0.3, -0.25) is 0 Å². The summed E-state index contributed by atoms with van der Waals surface area (Å²) in [5.74, 6) is 0. The summed E-state index contributed by atoms with van der Waals surface area (Å²) in [6, 6.07) is 0. The Balaban J connectivity index is 3.00. The van der Waals surface area contributed by atoms with Crippen molar-refractivity contribution < 1.29 is 12.5 Å². The van der Waals surface area contributed by atoms with E-state index in [-0.39, 0.29) is 0 Å². The molecular formula is C3H7O3Sb. The second-order valence-corrected chi connectivity index (χ2v) is 1.47. The zero-order valence-electron chi connectivity index (χ0n) is 4.01. The molecular weight excluding hydrogens is 206 g/mol. The molecule has 4 heteroatoms. The Hall–Kier alpha value is 0.0882. The van der Waals surface area contributed by atoms with E-state index >= 15 is 0 Å². The van der Waals surface area contributed by atoms with Gasteiger partial charge in [-0.15, -0.1) is 0 Å². The second-order valence-electron chi connectivity index (χ2n) is 0.801. The molecule has 3 nitrogen and oxygen atoms in total. The third-order valence-electron chi connectivity index (χ3n) is 0.358. The van der Waals surface area contributed by atoms with Crippen molar-refractivity contribution in [1.29, 1.82) is 0 Å². The van der Waals surface area contributed by atoms with Gasteiger partial charge in [0.05, 0.1) is 0 Å². The van der Waals surface area contributed by atoms with Crippen molar-refractivity contribution in [1.82, 2.24) is 0 Å². The Morgan fingerprint density at radius 2 is 2.43 bits per heavy atom. The van der Waals surface area contributed by atoms with Gasteiger partial charge in [0.15, 0.2) is 0 Å².